The Hall–Kier alpha value is -1.64. The molecule has 1 aliphatic heterocycles. The third-order valence-corrected chi connectivity index (χ3v) is 5.17. The molecule has 1 aromatic rings. The van der Waals surface area contributed by atoms with Crippen LogP contribution in [-0.2, 0) is 9.59 Å². The van der Waals surface area contributed by atoms with Gasteiger partial charge in [-0.25, -0.2) is 0 Å². The van der Waals surface area contributed by atoms with Crippen LogP contribution in [0.4, 0.5) is 0 Å². The van der Waals surface area contributed by atoms with Gasteiger partial charge in [0.15, 0.2) is 0 Å². The summed E-state index contributed by atoms with van der Waals surface area (Å²) in [6.07, 6.45) is 4.29. The van der Waals surface area contributed by atoms with Crippen molar-refractivity contribution in [1.82, 2.24) is 15.5 Å². The molecule has 1 aromatic heterocycles. The van der Waals surface area contributed by atoms with Gasteiger partial charge in [-0.3, -0.25) is 14.4 Å². The molecule has 3 amide bonds. The summed E-state index contributed by atoms with van der Waals surface area (Å²) in [4.78, 5) is 37.9. The lowest BCUT2D eigenvalue weighted by atomic mass is 10.0. The molecule has 0 aromatic carbocycles. The maximum atomic E-state index is 12.5. The lowest BCUT2D eigenvalue weighted by molar-refractivity contribution is -0.135. The van der Waals surface area contributed by atoms with Crippen LogP contribution in [0.3, 0.4) is 0 Å². The predicted molar refractivity (Wildman–Crippen MR) is 109 cm³/mol. The van der Waals surface area contributed by atoms with Crippen LogP contribution in [0.25, 0.3) is 0 Å². The molecular formula is C18H29ClN4O3S. The Morgan fingerprint density at radius 2 is 2.04 bits per heavy atom. The number of carbonyl (C=O) groups excluding carboxylic acids is 3. The van der Waals surface area contributed by atoms with E-state index in [9.17, 15) is 14.4 Å². The van der Waals surface area contributed by atoms with Crippen LogP contribution in [0, 0.1) is 0 Å². The molecule has 1 atom stereocenters. The van der Waals surface area contributed by atoms with Gasteiger partial charge in [-0.2, -0.15) is 11.3 Å². The van der Waals surface area contributed by atoms with Gasteiger partial charge in [0.2, 0.25) is 11.8 Å². The molecule has 1 aliphatic rings. The van der Waals surface area contributed by atoms with E-state index in [0.29, 0.717) is 44.5 Å². The van der Waals surface area contributed by atoms with Gasteiger partial charge >= 0.3 is 0 Å². The van der Waals surface area contributed by atoms with E-state index < -0.39 is 0 Å². The monoisotopic (exact) mass is 416 g/mol. The maximum absolute atomic E-state index is 12.5. The van der Waals surface area contributed by atoms with Gasteiger partial charge in [0.1, 0.15) is 0 Å². The summed E-state index contributed by atoms with van der Waals surface area (Å²) in [5, 5.41) is 9.37. The third-order valence-electron chi connectivity index (χ3n) is 4.49. The molecule has 0 aliphatic carbocycles. The molecule has 152 valence electrons. The number of nitrogens with two attached hydrogens (primary N) is 1. The number of piperidine rings is 1. The largest absolute Gasteiger partial charge is 0.354 e. The number of carbonyl (C=O) groups is 3. The van der Waals surface area contributed by atoms with Crippen LogP contribution in [-0.4, -0.2) is 54.8 Å². The lowest BCUT2D eigenvalue weighted by Crippen LogP contribution is -2.49. The van der Waals surface area contributed by atoms with Crippen LogP contribution in [0.2, 0.25) is 0 Å². The van der Waals surface area contributed by atoms with E-state index in [2.05, 4.69) is 10.6 Å². The van der Waals surface area contributed by atoms with Gasteiger partial charge in [-0.15, -0.1) is 12.4 Å². The Labute approximate surface area is 170 Å². The summed E-state index contributed by atoms with van der Waals surface area (Å²) in [7, 11) is 0. The van der Waals surface area contributed by atoms with Crippen molar-refractivity contribution in [2.24, 2.45) is 5.73 Å². The second kappa shape index (κ2) is 12.7. The number of thiophene rings is 1. The van der Waals surface area contributed by atoms with Gasteiger partial charge in [0.25, 0.3) is 5.91 Å². The van der Waals surface area contributed by atoms with E-state index in [1.54, 1.807) is 11.4 Å². The maximum Gasteiger partial charge on any atom is 0.252 e. The summed E-state index contributed by atoms with van der Waals surface area (Å²) in [6, 6.07) is 1.83. The van der Waals surface area contributed by atoms with E-state index in [4.69, 9.17) is 5.73 Å². The first-order valence-corrected chi connectivity index (χ1v) is 10.1. The lowest BCUT2D eigenvalue weighted by Gasteiger charge is -2.36. The topological polar surface area (TPSA) is 105 Å². The van der Waals surface area contributed by atoms with Crippen molar-refractivity contribution in [1.29, 1.82) is 0 Å². The van der Waals surface area contributed by atoms with Crippen LogP contribution >= 0.6 is 23.7 Å². The molecule has 0 saturated carbocycles. The van der Waals surface area contributed by atoms with Crippen LogP contribution in [0.5, 0.6) is 0 Å². The number of amides is 3. The fourth-order valence-corrected chi connectivity index (χ4v) is 3.71. The minimum atomic E-state index is -0.0998. The molecule has 1 saturated heterocycles. The smallest absolute Gasteiger partial charge is 0.252 e. The highest BCUT2D eigenvalue weighted by Crippen LogP contribution is 2.18. The predicted octanol–water partition coefficient (Wildman–Crippen LogP) is 1.53. The Morgan fingerprint density at radius 1 is 1.22 bits per heavy atom. The number of nitrogens with zero attached hydrogens (tertiary/aromatic N) is 1. The highest BCUT2D eigenvalue weighted by atomic mass is 35.5. The summed E-state index contributed by atoms with van der Waals surface area (Å²) in [6.45, 7) is 2.03. The first kappa shape index (κ1) is 23.4. The number of likely N-dealkylation sites (tertiary alicyclic amines) is 1. The zero-order chi connectivity index (χ0) is 18.8. The molecule has 1 unspecified atom stereocenters. The first-order valence-electron chi connectivity index (χ1n) is 9.18. The Kier molecular flexibility index (Phi) is 11.0. The average molecular weight is 417 g/mol. The fraction of sp³-hybridized carbons (Fsp3) is 0.611. The normalized spacial score (nSPS) is 16.3. The van der Waals surface area contributed by atoms with E-state index in [1.165, 1.54) is 11.3 Å². The summed E-state index contributed by atoms with van der Waals surface area (Å²) in [5.41, 5.74) is 6.04. The summed E-state index contributed by atoms with van der Waals surface area (Å²) in [5.74, 6) is -0.0775. The fourth-order valence-electron chi connectivity index (χ4n) is 3.07. The molecule has 2 rings (SSSR count). The molecule has 9 heteroatoms. The number of hydrogen-bond acceptors (Lipinski definition) is 5. The molecule has 0 bridgehead atoms. The van der Waals surface area contributed by atoms with Gasteiger partial charge in [-0.1, -0.05) is 0 Å². The quantitative estimate of drug-likeness (QED) is 0.531. The minimum absolute atomic E-state index is 0. The Bertz CT molecular complexity index is 597. The van der Waals surface area contributed by atoms with Gasteiger partial charge in [0, 0.05) is 56.0 Å². The Morgan fingerprint density at radius 3 is 2.74 bits per heavy atom. The zero-order valence-corrected chi connectivity index (χ0v) is 17.1. The zero-order valence-electron chi connectivity index (χ0n) is 15.4. The van der Waals surface area contributed by atoms with E-state index in [-0.39, 0.29) is 36.2 Å². The van der Waals surface area contributed by atoms with Crippen molar-refractivity contribution in [3.63, 3.8) is 0 Å². The highest BCUT2D eigenvalue weighted by Gasteiger charge is 2.26. The van der Waals surface area contributed by atoms with E-state index in [1.807, 2.05) is 10.3 Å². The molecule has 0 spiro atoms. The first-order chi connectivity index (χ1) is 12.6. The van der Waals surface area contributed by atoms with Crippen molar-refractivity contribution < 1.29 is 14.4 Å². The van der Waals surface area contributed by atoms with E-state index >= 15 is 0 Å². The second-order valence-electron chi connectivity index (χ2n) is 6.45. The molecule has 0 radical (unpaired) electrons. The molecule has 27 heavy (non-hydrogen) atoms. The highest BCUT2D eigenvalue weighted by molar-refractivity contribution is 7.08. The number of rotatable bonds is 9. The SMILES string of the molecule is Cl.NCCC(=O)NCC1CCCCN1C(=O)CCCNC(=O)c1ccsc1. The van der Waals surface area contributed by atoms with Crippen LogP contribution in [0.1, 0.15) is 48.9 Å². The average Bonchev–Trinajstić information content (AvgIpc) is 3.18. The van der Waals surface area contributed by atoms with Gasteiger partial charge < -0.3 is 21.3 Å². The minimum Gasteiger partial charge on any atom is -0.354 e. The van der Waals surface area contributed by atoms with Gasteiger partial charge in [0.05, 0.1) is 0 Å². The van der Waals surface area contributed by atoms with Crippen LogP contribution in [0.15, 0.2) is 16.8 Å². The van der Waals surface area contributed by atoms with Crippen molar-refractivity contribution in [3.05, 3.63) is 22.4 Å². The number of nitrogens with one attached hydrogen (secondary N) is 2. The molecule has 1 fully saturated rings. The van der Waals surface area contributed by atoms with Crippen molar-refractivity contribution in [2.75, 3.05) is 26.2 Å². The summed E-state index contributed by atoms with van der Waals surface area (Å²) >= 11 is 1.48. The molecule has 4 N–H and O–H groups in total. The standard InChI is InChI=1S/C18H28N4O3S.ClH/c19-8-6-16(23)21-12-15-4-1-2-10-22(15)17(24)5-3-9-20-18(25)14-7-11-26-13-14;/h7,11,13,15H,1-6,8-10,12,19H2,(H,20,25)(H,21,23);1H. The molecule has 7 nitrogen and oxygen atoms in total. The van der Waals surface area contributed by atoms with Crippen LogP contribution < -0.4 is 16.4 Å². The number of hydrogen-bond donors (Lipinski definition) is 3. The van der Waals surface area contributed by atoms with Crippen molar-refractivity contribution in [3.8, 4) is 0 Å². The van der Waals surface area contributed by atoms with Crippen molar-refractivity contribution in [2.45, 2.75) is 44.6 Å². The molecular weight excluding hydrogens is 388 g/mol. The summed E-state index contributed by atoms with van der Waals surface area (Å²) < 4.78 is 0. The van der Waals surface area contributed by atoms with E-state index in [0.717, 1.165) is 25.8 Å². The Balaban J connectivity index is 0.00000364. The second-order valence-corrected chi connectivity index (χ2v) is 7.23. The van der Waals surface area contributed by atoms with Gasteiger partial charge in [-0.05, 0) is 37.1 Å². The molecule has 2 heterocycles. The van der Waals surface area contributed by atoms with Crippen molar-refractivity contribution >= 4 is 41.5 Å². The number of halogens is 1. The third kappa shape index (κ3) is 7.86.